The van der Waals surface area contributed by atoms with Crippen LogP contribution in [0.2, 0.25) is 0 Å². The summed E-state index contributed by atoms with van der Waals surface area (Å²) in [6.45, 7) is 0. The summed E-state index contributed by atoms with van der Waals surface area (Å²) in [5.41, 5.74) is 10.6. The lowest BCUT2D eigenvalue weighted by molar-refractivity contribution is 0.670. The second kappa shape index (κ2) is 12.5. The summed E-state index contributed by atoms with van der Waals surface area (Å²) >= 11 is 1.67. The molecule has 0 N–H and O–H groups in total. The number of nitrogens with zero attached hydrogens (tertiary/aromatic N) is 4. The van der Waals surface area contributed by atoms with Crippen molar-refractivity contribution in [2.24, 2.45) is 0 Å². The Morgan fingerprint density at radius 2 is 0.923 bits per heavy atom. The molecule has 0 unspecified atom stereocenters. The Kier molecular flexibility index (Phi) is 7.25. The molecule has 0 aliphatic rings. The second-order valence-corrected chi connectivity index (χ2v) is 13.7. The summed E-state index contributed by atoms with van der Waals surface area (Å²) in [5.74, 6) is 1.76. The van der Waals surface area contributed by atoms with Crippen molar-refractivity contribution >= 4 is 43.5 Å². The number of hydrogen-bond acceptors (Lipinski definition) is 6. The van der Waals surface area contributed by atoms with E-state index >= 15 is 0 Å². The van der Waals surface area contributed by atoms with E-state index in [0.717, 1.165) is 76.1 Å². The first-order valence-electron chi connectivity index (χ1n) is 17.1. The molecule has 6 heteroatoms. The first-order valence-corrected chi connectivity index (χ1v) is 18.0. The van der Waals surface area contributed by atoms with Crippen LogP contribution in [-0.2, 0) is 0 Å². The fourth-order valence-electron chi connectivity index (χ4n) is 6.83. The van der Waals surface area contributed by atoms with Crippen LogP contribution in [0.5, 0.6) is 0 Å². The van der Waals surface area contributed by atoms with E-state index < -0.39 is 0 Å². The van der Waals surface area contributed by atoms with Crippen LogP contribution < -0.4 is 0 Å². The van der Waals surface area contributed by atoms with Crippen LogP contribution in [0.4, 0.5) is 0 Å². The third-order valence-corrected chi connectivity index (χ3v) is 10.4. The molecule has 0 saturated carbocycles. The molecule has 10 aromatic rings. The highest BCUT2D eigenvalue weighted by Crippen LogP contribution is 2.44. The summed E-state index contributed by atoms with van der Waals surface area (Å²) < 4.78 is 8.09. The van der Waals surface area contributed by atoms with Gasteiger partial charge in [0.1, 0.15) is 16.2 Å². The van der Waals surface area contributed by atoms with E-state index in [1.807, 2.05) is 78.9 Å². The maximum atomic E-state index is 6.96. The molecule has 7 aromatic carbocycles. The fraction of sp³-hybridized carbons (Fsp3) is 0. The van der Waals surface area contributed by atoms with Crippen LogP contribution in [0.3, 0.4) is 0 Å². The maximum Gasteiger partial charge on any atom is 0.167 e. The SMILES string of the molecule is c1ccc(-c2cccc(-c3cc(-c4nc5ccccc5s4)c4oc5c(-c6nc(-c7ccccc7)nc(-c7ccccc7)n6)cccc5c4c3)c2)cc1. The van der Waals surface area contributed by atoms with Crippen LogP contribution in [0.1, 0.15) is 0 Å². The third kappa shape index (κ3) is 5.34. The molecular formula is C46H28N4OS. The van der Waals surface area contributed by atoms with Gasteiger partial charge < -0.3 is 4.42 Å². The summed E-state index contributed by atoms with van der Waals surface area (Å²) in [5, 5.41) is 2.90. The third-order valence-electron chi connectivity index (χ3n) is 9.37. The summed E-state index contributed by atoms with van der Waals surface area (Å²) in [4.78, 5) is 20.1. The van der Waals surface area contributed by atoms with Crippen molar-refractivity contribution in [1.82, 2.24) is 19.9 Å². The maximum absolute atomic E-state index is 6.96. The van der Waals surface area contributed by atoms with Gasteiger partial charge in [-0.25, -0.2) is 19.9 Å². The van der Waals surface area contributed by atoms with Gasteiger partial charge in [0.05, 0.1) is 21.3 Å². The van der Waals surface area contributed by atoms with Gasteiger partial charge >= 0.3 is 0 Å². The average Bonchev–Trinajstić information content (AvgIpc) is 3.83. The predicted molar refractivity (Wildman–Crippen MR) is 213 cm³/mol. The number of furan rings is 1. The van der Waals surface area contributed by atoms with Gasteiger partial charge in [-0.05, 0) is 58.7 Å². The number of para-hydroxylation sites is 2. The molecular weight excluding hydrogens is 657 g/mol. The molecule has 0 amide bonds. The molecule has 0 spiro atoms. The number of hydrogen-bond donors (Lipinski definition) is 0. The van der Waals surface area contributed by atoms with Crippen molar-refractivity contribution < 1.29 is 4.42 Å². The lowest BCUT2D eigenvalue weighted by atomic mass is 9.96. The van der Waals surface area contributed by atoms with Crippen LogP contribution in [-0.4, -0.2) is 19.9 Å². The predicted octanol–water partition coefficient (Wildman–Crippen LogP) is 12.4. The summed E-state index contributed by atoms with van der Waals surface area (Å²) in [6.07, 6.45) is 0. The minimum absolute atomic E-state index is 0.551. The Balaban J connectivity index is 1.22. The smallest absolute Gasteiger partial charge is 0.167 e. The first kappa shape index (κ1) is 30.1. The summed E-state index contributed by atoms with van der Waals surface area (Å²) in [7, 11) is 0. The van der Waals surface area contributed by atoms with E-state index in [-0.39, 0.29) is 0 Å². The van der Waals surface area contributed by atoms with Gasteiger partial charge in [0.2, 0.25) is 0 Å². The lowest BCUT2D eigenvalue weighted by Gasteiger charge is -2.08. The molecule has 0 aliphatic carbocycles. The fourth-order valence-corrected chi connectivity index (χ4v) is 7.81. The minimum Gasteiger partial charge on any atom is -0.455 e. The Morgan fingerprint density at radius 3 is 1.62 bits per heavy atom. The quantitative estimate of drug-likeness (QED) is 0.174. The molecule has 0 radical (unpaired) electrons. The number of aromatic nitrogens is 4. The largest absolute Gasteiger partial charge is 0.455 e. The number of benzene rings is 7. The van der Waals surface area contributed by atoms with Gasteiger partial charge in [0, 0.05) is 21.9 Å². The normalized spacial score (nSPS) is 11.5. The zero-order valence-corrected chi connectivity index (χ0v) is 28.6. The van der Waals surface area contributed by atoms with Crippen molar-refractivity contribution in [2.45, 2.75) is 0 Å². The van der Waals surface area contributed by atoms with Gasteiger partial charge in [-0.2, -0.15) is 0 Å². The molecule has 244 valence electrons. The van der Waals surface area contributed by atoms with E-state index in [9.17, 15) is 0 Å². The molecule has 10 rings (SSSR count). The highest BCUT2D eigenvalue weighted by molar-refractivity contribution is 7.21. The molecule has 0 bridgehead atoms. The van der Waals surface area contributed by atoms with Gasteiger partial charge in [-0.1, -0.05) is 133 Å². The number of thiazole rings is 1. The van der Waals surface area contributed by atoms with Crippen molar-refractivity contribution in [2.75, 3.05) is 0 Å². The Hall–Kier alpha value is -6.76. The van der Waals surface area contributed by atoms with Crippen molar-refractivity contribution in [3.8, 4) is 67.0 Å². The average molecular weight is 685 g/mol. The van der Waals surface area contributed by atoms with E-state index in [4.69, 9.17) is 24.4 Å². The molecule has 0 atom stereocenters. The summed E-state index contributed by atoms with van der Waals surface area (Å²) in [6, 6.07) is 58.2. The van der Waals surface area contributed by atoms with Gasteiger partial charge in [-0.15, -0.1) is 11.3 Å². The monoisotopic (exact) mass is 684 g/mol. The Bertz CT molecular complexity index is 2810. The van der Waals surface area contributed by atoms with E-state index in [1.165, 1.54) is 5.56 Å². The first-order chi connectivity index (χ1) is 25.7. The molecule has 52 heavy (non-hydrogen) atoms. The van der Waals surface area contributed by atoms with Crippen LogP contribution >= 0.6 is 11.3 Å². The number of rotatable bonds is 6. The molecule has 3 heterocycles. The lowest BCUT2D eigenvalue weighted by Crippen LogP contribution is -2.00. The molecule has 0 aliphatic heterocycles. The van der Waals surface area contributed by atoms with E-state index in [2.05, 4.69) is 91.0 Å². The van der Waals surface area contributed by atoms with Crippen molar-refractivity contribution in [3.63, 3.8) is 0 Å². The van der Waals surface area contributed by atoms with Crippen LogP contribution in [0, 0.1) is 0 Å². The standard InChI is InChI=1S/C46H28N4OS/c1-4-14-29(15-5-1)32-20-12-21-33(26-32)34-27-37-35-22-13-23-36(41(35)51-42(37)38(28-34)46-47-39-24-10-11-25-40(39)52-46)45-49-43(30-16-6-2-7-17-30)48-44(50-45)31-18-8-3-9-19-31/h1-28H. The topological polar surface area (TPSA) is 64.7 Å². The van der Waals surface area contributed by atoms with Crippen molar-refractivity contribution in [3.05, 3.63) is 170 Å². The Labute approximate surface area is 303 Å². The molecule has 0 saturated heterocycles. The van der Waals surface area contributed by atoms with E-state index in [1.54, 1.807) is 11.3 Å². The van der Waals surface area contributed by atoms with E-state index in [0.29, 0.717) is 17.5 Å². The van der Waals surface area contributed by atoms with Gasteiger partial charge in [0.25, 0.3) is 0 Å². The second-order valence-electron chi connectivity index (χ2n) is 12.7. The minimum atomic E-state index is 0.551. The van der Waals surface area contributed by atoms with Gasteiger partial charge in [0.15, 0.2) is 17.5 Å². The van der Waals surface area contributed by atoms with Crippen molar-refractivity contribution in [1.29, 1.82) is 0 Å². The zero-order valence-electron chi connectivity index (χ0n) is 27.8. The molecule has 0 fully saturated rings. The zero-order chi connectivity index (χ0) is 34.4. The van der Waals surface area contributed by atoms with Crippen LogP contribution in [0.25, 0.3) is 99.1 Å². The molecule has 3 aromatic heterocycles. The highest BCUT2D eigenvalue weighted by Gasteiger charge is 2.22. The van der Waals surface area contributed by atoms with Gasteiger partial charge in [-0.3, -0.25) is 0 Å². The Morgan fingerprint density at radius 1 is 0.365 bits per heavy atom. The number of fused-ring (bicyclic) bond motifs is 4. The molecule has 5 nitrogen and oxygen atoms in total. The highest BCUT2D eigenvalue weighted by atomic mass is 32.1. The van der Waals surface area contributed by atoms with Crippen LogP contribution in [0.15, 0.2) is 174 Å².